The Kier molecular flexibility index (Phi) is 8.86. The third-order valence-electron chi connectivity index (χ3n) is 6.89. The summed E-state index contributed by atoms with van der Waals surface area (Å²) in [6, 6.07) is 16.3. The van der Waals surface area contributed by atoms with Gasteiger partial charge in [-0.05, 0) is 80.1 Å². The maximum Gasteiger partial charge on any atom is 0.269 e. The van der Waals surface area contributed by atoms with E-state index in [-0.39, 0.29) is 32.8 Å². The standard InChI is InChI=1S/C29H34N4O6S2/c1-19-11-12-27(22(4)14-19)32-40(36,37)25-9-5-7-23(15-25)28(34)30-31-29(35)24-8-6-10-26(16-24)41(38,39)33-17-20(2)13-21(3)18-33/h5-12,14-16,20-21,32H,13,17-18H2,1-4H3,(H,30,34)(H,31,35). The average molecular weight is 599 g/mol. The molecule has 10 nitrogen and oxygen atoms in total. The largest absolute Gasteiger partial charge is 0.279 e. The quantitative estimate of drug-likeness (QED) is 0.353. The SMILES string of the molecule is Cc1ccc(NS(=O)(=O)c2cccc(C(=O)NNC(=O)c3cccc(S(=O)(=O)N4CC(C)CC(C)C4)c3)c2)c(C)c1. The van der Waals surface area contributed by atoms with Crippen molar-refractivity contribution in [2.75, 3.05) is 17.8 Å². The lowest BCUT2D eigenvalue weighted by Gasteiger charge is -2.34. The molecule has 41 heavy (non-hydrogen) atoms. The van der Waals surface area contributed by atoms with Gasteiger partial charge in [0.05, 0.1) is 15.5 Å². The van der Waals surface area contributed by atoms with Gasteiger partial charge in [0.15, 0.2) is 0 Å². The number of nitrogens with one attached hydrogen (secondary N) is 3. The molecule has 2 atom stereocenters. The van der Waals surface area contributed by atoms with E-state index < -0.39 is 31.9 Å². The Morgan fingerprint density at radius 1 is 0.756 bits per heavy atom. The second-order valence-electron chi connectivity index (χ2n) is 10.7. The number of carbonyl (C=O) groups excluding carboxylic acids is 2. The number of amides is 2. The number of rotatable bonds is 7. The van der Waals surface area contributed by atoms with E-state index >= 15 is 0 Å². The zero-order valence-electron chi connectivity index (χ0n) is 23.3. The molecule has 1 saturated heterocycles. The molecule has 4 rings (SSSR count). The average Bonchev–Trinajstić information content (AvgIpc) is 2.92. The number of anilines is 1. The van der Waals surface area contributed by atoms with Crippen LogP contribution in [-0.4, -0.2) is 46.0 Å². The first kappa shape index (κ1) is 30.2. The maximum absolute atomic E-state index is 13.2. The smallest absolute Gasteiger partial charge is 0.269 e. The Hall–Kier alpha value is -3.74. The lowest BCUT2D eigenvalue weighted by molar-refractivity contribution is 0.0846. The lowest BCUT2D eigenvalue weighted by Crippen LogP contribution is -2.43. The highest BCUT2D eigenvalue weighted by Crippen LogP contribution is 2.27. The van der Waals surface area contributed by atoms with E-state index in [0.29, 0.717) is 18.8 Å². The van der Waals surface area contributed by atoms with Gasteiger partial charge >= 0.3 is 0 Å². The molecule has 2 unspecified atom stereocenters. The van der Waals surface area contributed by atoms with Crippen LogP contribution in [0.1, 0.15) is 52.1 Å². The summed E-state index contributed by atoms with van der Waals surface area (Å²) in [6.07, 6.45) is 0.950. The summed E-state index contributed by atoms with van der Waals surface area (Å²) in [5.41, 5.74) is 6.73. The summed E-state index contributed by atoms with van der Waals surface area (Å²) >= 11 is 0. The van der Waals surface area contributed by atoms with Gasteiger partial charge in [-0.3, -0.25) is 25.2 Å². The van der Waals surface area contributed by atoms with Gasteiger partial charge in [0.1, 0.15) is 0 Å². The molecule has 0 saturated carbocycles. The molecule has 1 aliphatic rings. The van der Waals surface area contributed by atoms with Crippen LogP contribution in [0.15, 0.2) is 76.5 Å². The minimum atomic E-state index is -3.99. The minimum absolute atomic E-state index is 0.00142. The van der Waals surface area contributed by atoms with Crippen LogP contribution in [0.2, 0.25) is 0 Å². The molecule has 3 aromatic rings. The highest BCUT2D eigenvalue weighted by Gasteiger charge is 2.32. The van der Waals surface area contributed by atoms with Gasteiger partial charge in [-0.2, -0.15) is 4.31 Å². The van der Waals surface area contributed by atoms with E-state index in [4.69, 9.17) is 0 Å². The molecule has 0 bridgehead atoms. The molecular weight excluding hydrogens is 564 g/mol. The normalized spacial score (nSPS) is 18.0. The highest BCUT2D eigenvalue weighted by atomic mass is 32.2. The van der Waals surface area contributed by atoms with E-state index in [1.54, 1.807) is 19.1 Å². The van der Waals surface area contributed by atoms with Crippen LogP contribution in [0.5, 0.6) is 0 Å². The van der Waals surface area contributed by atoms with E-state index in [1.165, 1.54) is 52.8 Å². The zero-order chi connectivity index (χ0) is 29.9. The number of piperidine rings is 1. The van der Waals surface area contributed by atoms with E-state index in [2.05, 4.69) is 15.6 Å². The number of benzene rings is 3. The molecule has 1 aliphatic heterocycles. The molecule has 2 amide bonds. The summed E-state index contributed by atoms with van der Waals surface area (Å²) in [4.78, 5) is 25.4. The number of hydrazine groups is 1. The van der Waals surface area contributed by atoms with Gasteiger partial charge < -0.3 is 0 Å². The zero-order valence-corrected chi connectivity index (χ0v) is 25.0. The summed E-state index contributed by atoms with van der Waals surface area (Å²) in [5.74, 6) is -1.02. The van der Waals surface area contributed by atoms with Crippen LogP contribution in [0.25, 0.3) is 0 Å². The van der Waals surface area contributed by atoms with E-state index in [9.17, 15) is 26.4 Å². The van der Waals surface area contributed by atoms with Crippen molar-refractivity contribution in [3.63, 3.8) is 0 Å². The Morgan fingerprint density at radius 3 is 1.85 bits per heavy atom. The second kappa shape index (κ2) is 12.0. The minimum Gasteiger partial charge on any atom is -0.279 e. The Labute approximate surface area is 241 Å². The molecule has 0 radical (unpaired) electrons. The van der Waals surface area contributed by atoms with Crippen LogP contribution < -0.4 is 15.6 Å². The van der Waals surface area contributed by atoms with Crippen molar-refractivity contribution >= 4 is 37.5 Å². The Morgan fingerprint density at radius 2 is 1.29 bits per heavy atom. The fraction of sp³-hybridized carbons (Fsp3) is 0.310. The first-order chi connectivity index (χ1) is 19.3. The lowest BCUT2D eigenvalue weighted by atomic mass is 9.94. The van der Waals surface area contributed by atoms with Crippen molar-refractivity contribution in [3.8, 4) is 0 Å². The molecule has 3 aromatic carbocycles. The molecule has 12 heteroatoms. The molecule has 218 valence electrons. The van der Waals surface area contributed by atoms with Crippen molar-refractivity contribution in [2.24, 2.45) is 11.8 Å². The van der Waals surface area contributed by atoms with Gasteiger partial charge in [0.25, 0.3) is 21.8 Å². The first-order valence-electron chi connectivity index (χ1n) is 13.2. The number of sulfonamides is 2. The summed E-state index contributed by atoms with van der Waals surface area (Å²) < 4.78 is 56.4. The third kappa shape index (κ3) is 7.13. The summed E-state index contributed by atoms with van der Waals surface area (Å²) in [6.45, 7) is 8.54. The van der Waals surface area contributed by atoms with Crippen LogP contribution in [0.3, 0.4) is 0 Å². The summed E-state index contributed by atoms with van der Waals surface area (Å²) in [7, 11) is -7.79. The van der Waals surface area contributed by atoms with Crippen molar-refractivity contribution in [1.82, 2.24) is 15.2 Å². The topological polar surface area (TPSA) is 142 Å². The predicted octanol–water partition coefficient (Wildman–Crippen LogP) is 3.85. The molecule has 0 spiro atoms. The van der Waals surface area contributed by atoms with Crippen LogP contribution in [0.4, 0.5) is 5.69 Å². The van der Waals surface area contributed by atoms with Crippen LogP contribution in [-0.2, 0) is 20.0 Å². The van der Waals surface area contributed by atoms with Gasteiger partial charge in [0, 0.05) is 24.2 Å². The van der Waals surface area contributed by atoms with Gasteiger partial charge in [-0.15, -0.1) is 0 Å². The number of nitrogens with zero attached hydrogens (tertiary/aromatic N) is 1. The van der Waals surface area contributed by atoms with Gasteiger partial charge in [-0.1, -0.05) is 43.7 Å². The number of carbonyl (C=O) groups is 2. The van der Waals surface area contributed by atoms with Crippen LogP contribution in [0, 0.1) is 25.7 Å². The van der Waals surface area contributed by atoms with E-state index in [1.807, 2.05) is 26.8 Å². The second-order valence-corrected chi connectivity index (χ2v) is 14.3. The fourth-order valence-corrected chi connectivity index (χ4v) is 7.85. The van der Waals surface area contributed by atoms with Crippen molar-refractivity contribution < 1.29 is 26.4 Å². The molecular formula is C29H34N4O6S2. The molecule has 1 heterocycles. The number of hydrogen-bond donors (Lipinski definition) is 3. The third-order valence-corrected chi connectivity index (χ3v) is 10.1. The number of aryl methyl sites for hydroxylation is 2. The predicted molar refractivity (Wildman–Crippen MR) is 156 cm³/mol. The molecule has 1 fully saturated rings. The highest BCUT2D eigenvalue weighted by molar-refractivity contribution is 7.92. The Bertz CT molecular complexity index is 1680. The van der Waals surface area contributed by atoms with Crippen molar-refractivity contribution in [2.45, 2.75) is 43.9 Å². The summed E-state index contributed by atoms with van der Waals surface area (Å²) in [5, 5.41) is 0. The molecule has 0 aliphatic carbocycles. The number of hydrogen-bond acceptors (Lipinski definition) is 6. The molecule has 0 aromatic heterocycles. The first-order valence-corrected chi connectivity index (χ1v) is 16.1. The van der Waals surface area contributed by atoms with E-state index in [0.717, 1.165) is 17.5 Å². The van der Waals surface area contributed by atoms with Crippen LogP contribution >= 0.6 is 0 Å². The monoisotopic (exact) mass is 598 g/mol. The fourth-order valence-electron chi connectivity index (χ4n) is 4.94. The van der Waals surface area contributed by atoms with Gasteiger partial charge in [0.2, 0.25) is 10.0 Å². The van der Waals surface area contributed by atoms with Crippen molar-refractivity contribution in [3.05, 3.63) is 89.0 Å². The van der Waals surface area contributed by atoms with Crippen molar-refractivity contribution in [1.29, 1.82) is 0 Å². The van der Waals surface area contributed by atoms with Gasteiger partial charge in [-0.25, -0.2) is 16.8 Å². The molecule has 3 N–H and O–H groups in total. The Balaban J connectivity index is 1.44. The maximum atomic E-state index is 13.2.